The standard InChI is InChI=1S/C24H31N3O4S2/c1-3-26(4-2)33(30,31)20-9-10-21-19(17-20)7-5-13-27(21)23(28)18-11-14-25(15-12-18)24(29)22-8-6-16-32-22/h6,8-10,16-18H,3-5,7,11-15H2,1-2H3. The molecule has 33 heavy (non-hydrogen) atoms. The van der Waals surface area contributed by atoms with Crippen molar-refractivity contribution in [2.24, 2.45) is 5.92 Å². The Bertz CT molecular complexity index is 1100. The highest BCUT2D eigenvalue weighted by Crippen LogP contribution is 2.33. The number of nitrogens with zero attached hydrogens (tertiary/aromatic N) is 3. The van der Waals surface area contributed by atoms with Crippen molar-refractivity contribution in [3.05, 3.63) is 46.2 Å². The van der Waals surface area contributed by atoms with Gasteiger partial charge < -0.3 is 9.80 Å². The number of hydrogen-bond donors (Lipinski definition) is 0. The van der Waals surface area contributed by atoms with E-state index in [0.29, 0.717) is 50.5 Å². The van der Waals surface area contributed by atoms with Crippen LogP contribution in [0.1, 0.15) is 48.3 Å². The molecule has 2 aliphatic heterocycles. The van der Waals surface area contributed by atoms with Crippen molar-refractivity contribution in [1.82, 2.24) is 9.21 Å². The van der Waals surface area contributed by atoms with E-state index in [1.54, 1.807) is 18.2 Å². The highest BCUT2D eigenvalue weighted by atomic mass is 32.2. The number of carbonyl (C=O) groups is 2. The molecule has 1 fully saturated rings. The number of likely N-dealkylation sites (tertiary alicyclic amines) is 1. The van der Waals surface area contributed by atoms with Crippen LogP contribution < -0.4 is 4.90 Å². The van der Waals surface area contributed by atoms with E-state index in [4.69, 9.17) is 0 Å². The summed E-state index contributed by atoms with van der Waals surface area (Å²) in [6.07, 6.45) is 2.87. The maximum Gasteiger partial charge on any atom is 0.263 e. The lowest BCUT2D eigenvalue weighted by Crippen LogP contribution is -2.45. The molecule has 0 saturated carbocycles. The molecule has 9 heteroatoms. The lowest BCUT2D eigenvalue weighted by atomic mass is 9.93. The van der Waals surface area contributed by atoms with Gasteiger partial charge in [0.05, 0.1) is 9.77 Å². The van der Waals surface area contributed by atoms with Gasteiger partial charge in [0.25, 0.3) is 5.91 Å². The summed E-state index contributed by atoms with van der Waals surface area (Å²) in [5, 5.41) is 1.90. The van der Waals surface area contributed by atoms with E-state index in [9.17, 15) is 18.0 Å². The molecule has 0 aliphatic carbocycles. The van der Waals surface area contributed by atoms with Crippen LogP contribution in [0.3, 0.4) is 0 Å². The molecule has 0 unspecified atom stereocenters. The van der Waals surface area contributed by atoms with E-state index in [0.717, 1.165) is 29.0 Å². The first-order chi connectivity index (χ1) is 15.9. The third kappa shape index (κ3) is 4.72. The van der Waals surface area contributed by atoms with Gasteiger partial charge in [0.1, 0.15) is 0 Å². The molecule has 1 aromatic heterocycles. The number of hydrogen-bond acceptors (Lipinski definition) is 5. The predicted octanol–water partition coefficient (Wildman–Crippen LogP) is 3.61. The Morgan fingerprint density at radius 1 is 1.09 bits per heavy atom. The molecule has 2 aromatic rings. The van der Waals surface area contributed by atoms with Gasteiger partial charge in [-0.2, -0.15) is 4.31 Å². The molecule has 0 N–H and O–H groups in total. The van der Waals surface area contributed by atoms with Gasteiger partial charge in [0.15, 0.2) is 0 Å². The number of sulfonamides is 1. The summed E-state index contributed by atoms with van der Waals surface area (Å²) < 4.78 is 27.3. The van der Waals surface area contributed by atoms with Crippen LogP contribution in [0.2, 0.25) is 0 Å². The van der Waals surface area contributed by atoms with Gasteiger partial charge >= 0.3 is 0 Å². The van der Waals surface area contributed by atoms with Crippen LogP contribution in [0.25, 0.3) is 0 Å². The van der Waals surface area contributed by atoms with Crippen LogP contribution in [-0.2, 0) is 21.2 Å². The average molecular weight is 490 g/mol. The van der Waals surface area contributed by atoms with Crippen molar-refractivity contribution in [1.29, 1.82) is 0 Å². The summed E-state index contributed by atoms with van der Waals surface area (Å²) in [4.78, 5) is 30.7. The second-order valence-electron chi connectivity index (χ2n) is 8.52. The molecular weight excluding hydrogens is 458 g/mol. The fraction of sp³-hybridized carbons (Fsp3) is 0.500. The zero-order valence-electron chi connectivity index (χ0n) is 19.2. The van der Waals surface area contributed by atoms with Crippen molar-refractivity contribution < 1.29 is 18.0 Å². The molecule has 1 aromatic carbocycles. The van der Waals surface area contributed by atoms with Crippen LogP contribution in [0.4, 0.5) is 5.69 Å². The van der Waals surface area contributed by atoms with Gasteiger partial charge in [0, 0.05) is 44.3 Å². The van der Waals surface area contributed by atoms with Crippen LogP contribution in [0, 0.1) is 5.92 Å². The highest BCUT2D eigenvalue weighted by Gasteiger charge is 2.33. The first-order valence-electron chi connectivity index (χ1n) is 11.6. The third-order valence-electron chi connectivity index (χ3n) is 6.64. The van der Waals surface area contributed by atoms with Crippen molar-refractivity contribution in [3.8, 4) is 0 Å². The summed E-state index contributed by atoms with van der Waals surface area (Å²) in [6.45, 7) is 6.31. The Morgan fingerprint density at radius 3 is 2.45 bits per heavy atom. The van der Waals surface area contributed by atoms with Gasteiger partial charge in [-0.3, -0.25) is 9.59 Å². The van der Waals surface area contributed by atoms with Gasteiger partial charge in [-0.15, -0.1) is 11.3 Å². The molecule has 1 saturated heterocycles. The van der Waals surface area contributed by atoms with Crippen LogP contribution in [0.5, 0.6) is 0 Å². The first kappa shape index (κ1) is 23.9. The maximum atomic E-state index is 13.4. The number of anilines is 1. The van der Waals surface area contributed by atoms with E-state index in [1.165, 1.54) is 15.6 Å². The molecule has 178 valence electrons. The predicted molar refractivity (Wildman–Crippen MR) is 130 cm³/mol. The number of amides is 2. The van der Waals surface area contributed by atoms with Gasteiger partial charge in [0.2, 0.25) is 15.9 Å². The van der Waals surface area contributed by atoms with Gasteiger partial charge in [-0.05, 0) is 60.9 Å². The number of thiophene rings is 1. The zero-order chi connectivity index (χ0) is 23.6. The fourth-order valence-electron chi connectivity index (χ4n) is 4.78. The Labute approximate surface area is 200 Å². The molecule has 0 radical (unpaired) electrons. The largest absolute Gasteiger partial charge is 0.338 e. The van der Waals surface area contributed by atoms with E-state index >= 15 is 0 Å². The average Bonchev–Trinajstić information content (AvgIpc) is 3.38. The van der Waals surface area contributed by atoms with Crippen molar-refractivity contribution in [2.75, 3.05) is 37.6 Å². The van der Waals surface area contributed by atoms with Crippen LogP contribution in [0.15, 0.2) is 40.6 Å². The number of rotatable bonds is 6. The lowest BCUT2D eigenvalue weighted by Gasteiger charge is -2.36. The summed E-state index contributed by atoms with van der Waals surface area (Å²) in [7, 11) is -3.53. The molecule has 0 atom stereocenters. The summed E-state index contributed by atoms with van der Waals surface area (Å²) in [6, 6.07) is 8.87. The van der Waals surface area contributed by atoms with E-state index in [2.05, 4.69) is 0 Å². The smallest absolute Gasteiger partial charge is 0.263 e. The van der Waals surface area contributed by atoms with Crippen molar-refractivity contribution in [3.63, 3.8) is 0 Å². The quantitative estimate of drug-likeness (QED) is 0.621. The summed E-state index contributed by atoms with van der Waals surface area (Å²) in [5.74, 6) is 0.00194. The molecule has 4 rings (SSSR count). The minimum atomic E-state index is -3.53. The van der Waals surface area contributed by atoms with Crippen LogP contribution >= 0.6 is 11.3 Å². The molecule has 0 spiro atoms. The molecular formula is C24H31N3O4S2. The van der Waals surface area contributed by atoms with E-state index in [1.807, 2.05) is 41.2 Å². The van der Waals surface area contributed by atoms with E-state index in [-0.39, 0.29) is 17.7 Å². The Balaban J connectivity index is 1.47. The molecule has 2 amide bonds. The number of carbonyl (C=O) groups excluding carboxylic acids is 2. The number of fused-ring (bicyclic) bond motifs is 1. The minimum absolute atomic E-state index is 0.0427. The number of benzene rings is 1. The van der Waals surface area contributed by atoms with E-state index < -0.39 is 10.0 Å². The van der Waals surface area contributed by atoms with Crippen molar-refractivity contribution >= 4 is 38.9 Å². The summed E-state index contributed by atoms with van der Waals surface area (Å²) >= 11 is 1.44. The monoisotopic (exact) mass is 489 g/mol. The second kappa shape index (κ2) is 9.95. The second-order valence-corrected chi connectivity index (χ2v) is 11.4. The summed E-state index contributed by atoms with van der Waals surface area (Å²) in [5.41, 5.74) is 1.73. The Hall–Kier alpha value is -2.23. The van der Waals surface area contributed by atoms with Crippen molar-refractivity contribution in [2.45, 2.75) is 44.4 Å². The zero-order valence-corrected chi connectivity index (χ0v) is 20.8. The third-order valence-corrected chi connectivity index (χ3v) is 9.55. The molecule has 7 nitrogen and oxygen atoms in total. The Kier molecular flexibility index (Phi) is 7.21. The fourth-order valence-corrected chi connectivity index (χ4v) is 6.98. The SMILES string of the molecule is CCN(CC)S(=O)(=O)c1ccc2c(c1)CCCN2C(=O)C1CCN(C(=O)c2cccs2)CC1. The van der Waals surface area contributed by atoms with Gasteiger partial charge in [-0.1, -0.05) is 19.9 Å². The minimum Gasteiger partial charge on any atom is -0.338 e. The molecule has 3 heterocycles. The number of aryl methyl sites for hydroxylation is 1. The highest BCUT2D eigenvalue weighted by molar-refractivity contribution is 7.89. The first-order valence-corrected chi connectivity index (χ1v) is 14.0. The lowest BCUT2D eigenvalue weighted by molar-refractivity contribution is -0.123. The molecule has 0 bridgehead atoms. The van der Waals surface area contributed by atoms with Crippen LogP contribution in [-0.4, -0.2) is 62.2 Å². The topological polar surface area (TPSA) is 78.0 Å². The normalized spacial score (nSPS) is 17.3. The Morgan fingerprint density at radius 2 is 1.82 bits per heavy atom. The number of piperidine rings is 1. The van der Waals surface area contributed by atoms with Gasteiger partial charge in [-0.25, -0.2) is 8.42 Å². The molecule has 2 aliphatic rings. The maximum absolute atomic E-state index is 13.4.